The number of aromatic nitrogens is 4. The van der Waals surface area contributed by atoms with E-state index in [4.69, 9.17) is 23.9 Å². The SMILES string of the molecule is CCCCCCCCn1c(C)c(C2(c3ccc(N(CC)CC)cc3OCC)OC(=O)c3cccnc32)c2ccccc21.CCOc1cc(N(CC)CC)ccc1C1(c2c(C)n(CC)c3ccccc23)OC(=O)c2ncccc21. The van der Waals surface area contributed by atoms with Crippen LogP contribution in [0.15, 0.2) is 122 Å². The molecule has 408 valence electrons. The lowest BCUT2D eigenvalue weighted by Crippen LogP contribution is -2.32. The number of para-hydroxylation sites is 2. The molecular weight excluding hydrogens is 973 g/mol. The second-order valence-electron chi connectivity index (χ2n) is 20.1. The molecule has 0 aliphatic carbocycles. The number of carbonyl (C=O) groups is 2. The summed E-state index contributed by atoms with van der Waals surface area (Å²) in [7, 11) is 0. The van der Waals surface area contributed by atoms with Crippen molar-refractivity contribution in [3.8, 4) is 11.5 Å². The van der Waals surface area contributed by atoms with E-state index in [-0.39, 0.29) is 5.97 Å². The molecule has 0 fully saturated rings. The minimum atomic E-state index is -1.24. The molecule has 8 aromatic rings. The molecule has 10 rings (SSSR count). The maximum absolute atomic E-state index is 13.6. The van der Waals surface area contributed by atoms with Crippen LogP contribution in [0.1, 0.15) is 160 Å². The molecule has 2 aliphatic heterocycles. The summed E-state index contributed by atoms with van der Waals surface area (Å²) in [6.45, 7) is 27.5. The number of cyclic esters (lactones) is 2. The van der Waals surface area contributed by atoms with Crippen molar-refractivity contribution in [2.75, 3.05) is 49.2 Å². The van der Waals surface area contributed by atoms with Gasteiger partial charge in [0, 0.05) is 136 Å². The standard InChI is InChI=1S/C36H45N3O3.C30H33N3O3/c1-6-10-11-12-13-16-24-39-26(5)33(28-18-14-15-20-31(28)39)36(34-29(35(40)42-36)19-17-23-37-34)30-22-21-27(38(7-2)8-3)25-32(30)41-9-4;1-6-32(7-2)21-16-17-23(26(19-21)35-9-4)30(24-14-12-18-31-28(24)29(34)36-30)27-20(5)33(8-3)25-15-11-10-13-22(25)27/h14-15,17-23,25H,6-13,16,24H2,1-5H3;10-19H,6-9H2,1-5H3. The zero-order valence-electron chi connectivity index (χ0n) is 47.6. The molecule has 0 spiro atoms. The van der Waals surface area contributed by atoms with E-state index >= 15 is 0 Å². The average Bonchev–Trinajstić information content (AvgIpc) is 3.51. The molecule has 0 N–H and O–H groups in total. The predicted octanol–water partition coefficient (Wildman–Crippen LogP) is 14.5. The van der Waals surface area contributed by atoms with Crippen molar-refractivity contribution in [3.05, 3.63) is 178 Å². The highest BCUT2D eigenvalue weighted by atomic mass is 16.6. The molecule has 6 heterocycles. The monoisotopic (exact) mass is 1050 g/mol. The van der Waals surface area contributed by atoms with Crippen LogP contribution in [-0.4, -0.2) is 70.4 Å². The Hall–Kier alpha value is -7.60. The van der Waals surface area contributed by atoms with Crippen LogP contribution in [0.25, 0.3) is 21.8 Å². The summed E-state index contributed by atoms with van der Waals surface area (Å²) in [5.41, 5.74) is 9.88. The number of hydrogen-bond donors (Lipinski definition) is 0. The molecule has 2 unspecified atom stereocenters. The van der Waals surface area contributed by atoms with Gasteiger partial charge in [-0.05, 0) is 123 Å². The van der Waals surface area contributed by atoms with Gasteiger partial charge in [0.1, 0.15) is 17.2 Å². The first-order chi connectivity index (χ1) is 38.0. The maximum atomic E-state index is 13.6. The number of aryl methyl sites for hydroxylation is 2. The normalized spacial score (nSPS) is 16.4. The van der Waals surface area contributed by atoms with Gasteiger partial charge in [-0.3, -0.25) is 4.98 Å². The lowest BCUT2D eigenvalue weighted by molar-refractivity contribution is 0.0230. The first-order valence-electron chi connectivity index (χ1n) is 28.6. The number of anilines is 2. The van der Waals surface area contributed by atoms with Gasteiger partial charge in [0.25, 0.3) is 0 Å². The van der Waals surface area contributed by atoms with Gasteiger partial charge in [0.15, 0.2) is 11.3 Å². The zero-order chi connectivity index (χ0) is 55.1. The molecule has 0 amide bonds. The molecule has 2 atom stereocenters. The van der Waals surface area contributed by atoms with Crippen molar-refractivity contribution in [1.82, 2.24) is 19.1 Å². The third-order valence-electron chi connectivity index (χ3n) is 16.0. The number of unbranched alkanes of at least 4 members (excludes halogenated alkanes) is 5. The van der Waals surface area contributed by atoms with Crippen LogP contribution in [-0.2, 0) is 33.8 Å². The Morgan fingerprint density at radius 3 is 1.63 bits per heavy atom. The fraction of sp³-hybridized carbons (Fsp3) is 0.394. The second kappa shape index (κ2) is 24.0. The van der Waals surface area contributed by atoms with Crippen LogP contribution in [0.2, 0.25) is 0 Å². The second-order valence-corrected chi connectivity index (χ2v) is 20.1. The van der Waals surface area contributed by atoms with Crippen LogP contribution < -0.4 is 19.3 Å². The minimum absolute atomic E-state index is 0.348. The topological polar surface area (TPSA) is 113 Å². The van der Waals surface area contributed by atoms with Gasteiger partial charge in [-0.15, -0.1) is 0 Å². The van der Waals surface area contributed by atoms with E-state index in [0.29, 0.717) is 41.7 Å². The predicted molar refractivity (Wildman–Crippen MR) is 314 cm³/mol. The first kappa shape index (κ1) is 55.2. The highest BCUT2D eigenvalue weighted by Crippen LogP contribution is 2.55. The Kier molecular flexibility index (Phi) is 16.9. The van der Waals surface area contributed by atoms with E-state index in [1.54, 1.807) is 18.5 Å². The van der Waals surface area contributed by atoms with Gasteiger partial charge in [-0.2, -0.15) is 0 Å². The van der Waals surface area contributed by atoms with Crippen LogP contribution in [0, 0.1) is 13.8 Å². The molecule has 78 heavy (non-hydrogen) atoms. The Morgan fingerprint density at radius 1 is 0.526 bits per heavy atom. The maximum Gasteiger partial charge on any atom is 0.358 e. The summed E-state index contributed by atoms with van der Waals surface area (Å²) in [4.78, 5) is 40.8. The van der Waals surface area contributed by atoms with E-state index in [1.165, 1.54) is 32.1 Å². The van der Waals surface area contributed by atoms with Crippen molar-refractivity contribution < 1.29 is 28.5 Å². The summed E-state index contributed by atoms with van der Waals surface area (Å²) >= 11 is 0. The molecule has 4 aromatic carbocycles. The Morgan fingerprint density at radius 2 is 1.04 bits per heavy atom. The fourth-order valence-electron chi connectivity index (χ4n) is 12.4. The highest BCUT2D eigenvalue weighted by molar-refractivity contribution is 5.99. The van der Waals surface area contributed by atoms with Crippen molar-refractivity contribution >= 4 is 45.1 Å². The van der Waals surface area contributed by atoms with Crippen LogP contribution in [0.4, 0.5) is 11.4 Å². The zero-order valence-corrected chi connectivity index (χ0v) is 47.6. The smallest absolute Gasteiger partial charge is 0.358 e. The summed E-state index contributed by atoms with van der Waals surface area (Å²) in [6, 6.07) is 36.8. The number of carbonyl (C=O) groups excluding carboxylic acids is 2. The van der Waals surface area contributed by atoms with Crippen molar-refractivity contribution in [1.29, 1.82) is 0 Å². The molecule has 12 nitrogen and oxygen atoms in total. The van der Waals surface area contributed by atoms with E-state index in [2.05, 4.69) is 152 Å². The lowest BCUT2D eigenvalue weighted by Gasteiger charge is -2.33. The van der Waals surface area contributed by atoms with Crippen molar-refractivity contribution in [2.45, 2.75) is 132 Å². The minimum Gasteiger partial charge on any atom is -0.493 e. The van der Waals surface area contributed by atoms with E-state index in [1.807, 2.05) is 44.2 Å². The Bertz CT molecular complexity index is 3420. The van der Waals surface area contributed by atoms with Gasteiger partial charge in [-0.1, -0.05) is 81.5 Å². The molecule has 0 radical (unpaired) electrons. The van der Waals surface area contributed by atoms with Crippen LogP contribution in [0.3, 0.4) is 0 Å². The number of nitrogens with zero attached hydrogens (tertiary/aromatic N) is 6. The van der Waals surface area contributed by atoms with Crippen molar-refractivity contribution in [2.24, 2.45) is 0 Å². The Labute approximate surface area is 461 Å². The van der Waals surface area contributed by atoms with Crippen LogP contribution >= 0.6 is 0 Å². The fourth-order valence-corrected chi connectivity index (χ4v) is 12.4. The number of pyridine rings is 2. The summed E-state index contributed by atoms with van der Waals surface area (Å²) in [5.74, 6) is 0.633. The van der Waals surface area contributed by atoms with E-state index in [0.717, 1.165) is 118 Å². The number of benzene rings is 4. The summed E-state index contributed by atoms with van der Waals surface area (Å²) in [5, 5.41) is 2.12. The highest BCUT2D eigenvalue weighted by Gasteiger charge is 2.55. The third-order valence-corrected chi connectivity index (χ3v) is 16.0. The molecular formula is C66H78N6O6. The van der Waals surface area contributed by atoms with Crippen LogP contribution in [0.5, 0.6) is 11.5 Å². The quantitative estimate of drug-likeness (QED) is 0.0480. The van der Waals surface area contributed by atoms with E-state index < -0.39 is 17.2 Å². The molecule has 0 saturated heterocycles. The molecule has 4 aromatic heterocycles. The molecule has 0 bridgehead atoms. The first-order valence-corrected chi connectivity index (χ1v) is 28.6. The number of rotatable bonds is 22. The van der Waals surface area contributed by atoms with Gasteiger partial charge < -0.3 is 37.9 Å². The summed E-state index contributed by atoms with van der Waals surface area (Å²) < 4.78 is 30.4. The number of esters is 2. The molecule has 2 aliphatic rings. The lowest BCUT2D eigenvalue weighted by atomic mass is 9.78. The van der Waals surface area contributed by atoms with Gasteiger partial charge in [0.2, 0.25) is 5.60 Å². The summed E-state index contributed by atoms with van der Waals surface area (Å²) in [6.07, 6.45) is 10.8. The molecule has 0 saturated carbocycles. The Balaban J connectivity index is 0.000000192. The van der Waals surface area contributed by atoms with Gasteiger partial charge in [0.05, 0.1) is 18.8 Å². The van der Waals surface area contributed by atoms with E-state index in [9.17, 15) is 9.59 Å². The largest absolute Gasteiger partial charge is 0.493 e. The van der Waals surface area contributed by atoms with Crippen molar-refractivity contribution in [3.63, 3.8) is 0 Å². The number of ether oxygens (including phenoxy) is 4. The third kappa shape index (κ3) is 9.55. The molecule has 12 heteroatoms. The average molecular weight is 1050 g/mol. The number of hydrogen-bond acceptors (Lipinski definition) is 10. The van der Waals surface area contributed by atoms with Gasteiger partial charge in [-0.25, -0.2) is 14.6 Å². The number of fused-ring (bicyclic) bond motifs is 4. The van der Waals surface area contributed by atoms with Gasteiger partial charge >= 0.3 is 11.9 Å².